The minimum atomic E-state index is 0.680. The quantitative estimate of drug-likeness (QED) is 0.848. The zero-order valence-electron chi connectivity index (χ0n) is 11.8. The van der Waals surface area contributed by atoms with Crippen LogP contribution < -0.4 is 10.5 Å². The first-order valence-electron chi connectivity index (χ1n) is 6.44. The van der Waals surface area contributed by atoms with E-state index >= 15 is 0 Å². The lowest BCUT2D eigenvalue weighted by atomic mass is 10.1. The van der Waals surface area contributed by atoms with Gasteiger partial charge in [0.25, 0.3) is 0 Å². The second kappa shape index (κ2) is 6.77. The second-order valence-corrected chi connectivity index (χ2v) is 5.69. The van der Waals surface area contributed by atoms with Gasteiger partial charge in [-0.05, 0) is 36.4 Å². The van der Waals surface area contributed by atoms with E-state index in [4.69, 9.17) is 10.5 Å². The molecule has 0 radical (unpaired) electrons. The summed E-state index contributed by atoms with van der Waals surface area (Å²) in [5, 5.41) is 0. The van der Waals surface area contributed by atoms with E-state index in [-0.39, 0.29) is 0 Å². The van der Waals surface area contributed by atoms with Gasteiger partial charge in [0.2, 0.25) is 0 Å². The molecular formula is C16H19BrN2O. The van der Waals surface area contributed by atoms with Gasteiger partial charge in [-0.1, -0.05) is 40.2 Å². The van der Waals surface area contributed by atoms with Gasteiger partial charge < -0.3 is 10.5 Å². The van der Waals surface area contributed by atoms with E-state index < -0.39 is 0 Å². The van der Waals surface area contributed by atoms with Gasteiger partial charge in [-0.3, -0.25) is 4.90 Å². The van der Waals surface area contributed by atoms with E-state index in [0.29, 0.717) is 5.69 Å². The van der Waals surface area contributed by atoms with Crippen molar-refractivity contribution in [3.8, 4) is 5.75 Å². The van der Waals surface area contributed by atoms with Crippen LogP contribution in [0.2, 0.25) is 0 Å². The van der Waals surface area contributed by atoms with Crippen molar-refractivity contribution in [3.63, 3.8) is 0 Å². The molecule has 0 aliphatic heterocycles. The highest BCUT2D eigenvalue weighted by Gasteiger charge is 2.06. The summed E-state index contributed by atoms with van der Waals surface area (Å²) in [7, 11) is 3.73. The first-order chi connectivity index (χ1) is 9.60. The highest BCUT2D eigenvalue weighted by atomic mass is 79.9. The smallest absolute Gasteiger partial charge is 0.141 e. The zero-order valence-corrected chi connectivity index (χ0v) is 13.4. The predicted octanol–water partition coefficient (Wildman–Crippen LogP) is 3.67. The Bertz CT molecular complexity index is 586. The lowest BCUT2D eigenvalue weighted by Crippen LogP contribution is -2.17. The van der Waals surface area contributed by atoms with Gasteiger partial charge in [-0.15, -0.1) is 0 Å². The summed E-state index contributed by atoms with van der Waals surface area (Å²) in [4.78, 5) is 2.25. The summed E-state index contributed by atoms with van der Waals surface area (Å²) in [6.45, 7) is 1.73. The van der Waals surface area contributed by atoms with E-state index in [2.05, 4.69) is 46.1 Å². The number of anilines is 1. The molecule has 2 N–H and O–H groups in total. The fourth-order valence-electron chi connectivity index (χ4n) is 2.17. The fraction of sp³-hybridized carbons (Fsp3) is 0.250. The first-order valence-corrected chi connectivity index (χ1v) is 7.24. The average molecular weight is 335 g/mol. The number of rotatable bonds is 5. The Morgan fingerprint density at radius 3 is 2.55 bits per heavy atom. The molecule has 2 rings (SSSR count). The van der Waals surface area contributed by atoms with Gasteiger partial charge in [0.15, 0.2) is 0 Å². The molecule has 2 aromatic carbocycles. The van der Waals surface area contributed by atoms with Crippen LogP contribution in [0.1, 0.15) is 11.1 Å². The lowest BCUT2D eigenvalue weighted by molar-refractivity contribution is 0.318. The highest BCUT2D eigenvalue weighted by molar-refractivity contribution is 9.10. The topological polar surface area (TPSA) is 38.5 Å². The third-order valence-corrected chi connectivity index (χ3v) is 3.92. The number of nitrogens with two attached hydrogens (primary N) is 1. The third-order valence-electron chi connectivity index (χ3n) is 3.14. The molecule has 0 bridgehead atoms. The summed E-state index contributed by atoms with van der Waals surface area (Å²) in [5.74, 6) is 0.724. The van der Waals surface area contributed by atoms with Crippen molar-refractivity contribution in [1.82, 2.24) is 4.90 Å². The van der Waals surface area contributed by atoms with E-state index in [1.54, 1.807) is 7.11 Å². The summed E-state index contributed by atoms with van der Waals surface area (Å²) in [6.07, 6.45) is 0. The van der Waals surface area contributed by atoms with Gasteiger partial charge in [-0.25, -0.2) is 0 Å². The van der Waals surface area contributed by atoms with Gasteiger partial charge in [-0.2, -0.15) is 0 Å². The van der Waals surface area contributed by atoms with Crippen LogP contribution in [0.4, 0.5) is 5.69 Å². The number of nitrogen functional groups attached to an aromatic ring is 1. The SMILES string of the molecule is COc1ccc(CN(C)Cc2ccccc2Br)cc1N. The van der Waals surface area contributed by atoms with Crippen molar-refractivity contribution in [2.75, 3.05) is 19.9 Å². The second-order valence-electron chi connectivity index (χ2n) is 4.84. The van der Waals surface area contributed by atoms with Crippen LogP contribution in [0, 0.1) is 0 Å². The third kappa shape index (κ3) is 3.74. The largest absolute Gasteiger partial charge is 0.495 e. The minimum absolute atomic E-state index is 0.680. The molecule has 2 aromatic rings. The summed E-state index contributed by atoms with van der Waals surface area (Å²) in [6, 6.07) is 14.2. The molecule has 20 heavy (non-hydrogen) atoms. The van der Waals surface area contributed by atoms with Crippen LogP contribution >= 0.6 is 15.9 Å². The maximum absolute atomic E-state index is 5.93. The summed E-state index contributed by atoms with van der Waals surface area (Å²) in [5.41, 5.74) is 9.07. The van der Waals surface area contributed by atoms with Crippen molar-refractivity contribution >= 4 is 21.6 Å². The van der Waals surface area contributed by atoms with E-state index in [9.17, 15) is 0 Å². The monoisotopic (exact) mass is 334 g/mol. The molecule has 0 aliphatic rings. The molecule has 0 heterocycles. The number of methoxy groups -OCH3 is 1. The van der Waals surface area contributed by atoms with Crippen molar-refractivity contribution in [1.29, 1.82) is 0 Å². The first kappa shape index (κ1) is 14.9. The zero-order chi connectivity index (χ0) is 14.5. The van der Waals surface area contributed by atoms with Crippen LogP contribution in [-0.4, -0.2) is 19.1 Å². The molecule has 0 fully saturated rings. The Balaban J connectivity index is 2.03. The van der Waals surface area contributed by atoms with Crippen LogP contribution in [0.25, 0.3) is 0 Å². The van der Waals surface area contributed by atoms with Gasteiger partial charge in [0, 0.05) is 17.6 Å². The molecule has 0 amide bonds. The van der Waals surface area contributed by atoms with Crippen molar-refractivity contribution in [2.45, 2.75) is 13.1 Å². The number of benzene rings is 2. The molecule has 0 aliphatic carbocycles. The maximum Gasteiger partial charge on any atom is 0.141 e. The molecule has 0 saturated carbocycles. The lowest BCUT2D eigenvalue weighted by Gasteiger charge is -2.18. The molecule has 0 atom stereocenters. The average Bonchev–Trinajstić information content (AvgIpc) is 2.41. The molecular weight excluding hydrogens is 316 g/mol. The van der Waals surface area contributed by atoms with Gasteiger partial charge in [0.1, 0.15) is 5.75 Å². The number of ether oxygens (including phenoxy) is 1. The van der Waals surface area contributed by atoms with Crippen LogP contribution in [0.3, 0.4) is 0 Å². The molecule has 0 unspecified atom stereocenters. The maximum atomic E-state index is 5.93. The van der Waals surface area contributed by atoms with E-state index in [1.165, 1.54) is 11.1 Å². The molecule has 0 aromatic heterocycles. The number of nitrogens with zero attached hydrogens (tertiary/aromatic N) is 1. The normalized spacial score (nSPS) is 10.8. The van der Waals surface area contributed by atoms with E-state index in [1.807, 2.05) is 24.3 Å². The Morgan fingerprint density at radius 1 is 1.15 bits per heavy atom. The van der Waals surface area contributed by atoms with Crippen LogP contribution in [0.15, 0.2) is 46.9 Å². The van der Waals surface area contributed by atoms with Crippen molar-refractivity contribution in [3.05, 3.63) is 58.1 Å². The Hall–Kier alpha value is -1.52. The molecule has 3 nitrogen and oxygen atoms in total. The molecule has 106 valence electrons. The molecule has 4 heteroatoms. The van der Waals surface area contributed by atoms with Crippen molar-refractivity contribution in [2.24, 2.45) is 0 Å². The number of hydrogen-bond donors (Lipinski definition) is 1. The molecule has 0 saturated heterocycles. The minimum Gasteiger partial charge on any atom is -0.495 e. The Labute approximate surface area is 128 Å². The Kier molecular flexibility index (Phi) is 5.04. The van der Waals surface area contributed by atoms with Gasteiger partial charge in [0.05, 0.1) is 12.8 Å². The number of hydrogen-bond acceptors (Lipinski definition) is 3. The molecule has 0 spiro atoms. The summed E-state index contributed by atoms with van der Waals surface area (Å²) < 4.78 is 6.31. The fourth-order valence-corrected chi connectivity index (χ4v) is 2.58. The highest BCUT2D eigenvalue weighted by Crippen LogP contribution is 2.23. The Morgan fingerprint density at radius 2 is 1.90 bits per heavy atom. The standard InChI is InChI=1S/C16H19BrN2O/c1-19(11-13-5-3-4-6-14(13)17)10-12-7-8-16(20-2)15(18)9-12/h3-9H,10-11,18H2,1-2H3. The van der Waals surface area contributed by atoms with Crippen LogP contribution in [-0.2, 0) is 13.1 Å². The predicted molar refractivity (Wildman–Crippen MR) is 86.7 cm³/mol. The van der Waals surface area contributed by atoms with Crippen molar-refractivity contribution < 1.29 is 4.74 Å². The van der Waals surface area contributed by atoms with Gasteiger partial charge >= 0.3 is 0 Å². The summed E-state index contributed by atoms with van der Waals surface area (Å²) >= 11 is 3.58. The van der Waals surface area contributed by atoms with Crippen LogP contribution in [0.5, 0.6) is 5.75 Å². The van der Waals surface area contributed by atoms with E-state index in [0.717, 1.165) is 23.3 Å². The number of halogens is 1.